The van der Waals surface area contributed by atoms with Crippen molar-refractivity contribution in [2.24, 2.45) is 0 Å². The van der Waals surface area contributed by atoms with Gasteiger partial charge in [-0.3, -0.25) is 0 Å². The molecule has 0 fully saturated rings. The number of ether oxygens (including phenoxy) is 4. The standard InChI is InChI=1S/C23H28O4/c1-6-27-20(12-9-18-8-7-17(2)22(15-18)25-4)13-10-19-11-14-21(24-3)23(16-19)26-5/h7-16,20H,6H2,1-5H3. The van der Waals surface area contributed by atoms with E-state index in [1.54, 1.807) is 21.3 Å². The molecule has 0 aliphatic rings. The van der Waals surface area contributed by atoms with Crippen LogP contribution in [-0.4, -0.2) is 34.0 Å². The van der Waals surface area contributed by atoms with Crippen LogP contribution in [0.25, 0.3) is 12.2 Å². The first-order chi connectivity index (χ1) is 13.1. The van der Waals surface area contributed by atoms with Crippen LogP contribution in [0.1, 0.15) is 23.6 Å². The zero-order valence-electron chi connectivity index (χ0n) is 16.7. The molecule has 0 saturated heterocycles. The van der Waals surface area contributed by atoms with Gasteiger partial charge in [-0.05, 0) is 48.7 Å². The van der Waals surface area contributed by atoms with Crippen molar-refractivity contribution in [3.05, 3.63) is 65.2 Å². The molecule has 0 amide bonds. The quantitative estimate of drug-likeness (QED) is 0.613. The van der Waals surface area contributed by atoms with Gasteiger partial charge < -0.3 is 18.9 Å². The molecule has 1 unspecified atom stereocenters. The van der Waals surface area contributed by atoms with E-state index >= 15 is 0 Å². The minimum Gasteiger partial charge on any atom is -0.496 e. The van der Waals surface area contributed by atoms with Gasteiger partial charge in [-0.2, -0.15) is 0 Å². The summed E-state index contributed by atoms with van der Waals surface area (Å²) >= 11 is 0. The summed E-state index contributed by atoms with van der Waals surface area (Å²) in [5.74, 6) is 2.30. The molecule has 144 valence electrons. The van der Waals surface area contributed by atoms with Gasteiger partial charge in [0, 0.05) is 6.61 Å². The van der Waals surface area contributed by atoms with E-state index in [2.05, 4.69) is 6.07 Å². The van der Waals surface area contributed by atoms with E-state index in [0.29, 0.717) is 18.1 Å². The highest BCUT2D eigenvalue weighted by atomic mass is 16.5. The second-order valence-electron chi connectivity index (χ2n) is 5.98. The molecular formula is C23H28O4. The molecule has 0 aliphatic heterocycles. The maximum Gasteiger partial charge on any atom is 0.161 e. The van der Waals surface area contributed by atoms with Crippen LogP contribution in [0.5, 0.6) is 17.2 Å². The average Bonchev–Trinajstić information content (AvgIpc) is 2.70. The van der Waals surface area contributed by atoms with Crippen LogP contribution in [0.15, 0.2) is 48.6 Å². The molecule has 0 heterocycles. The molecule has 0 radical (unpaired) electrons. The summed E-state index contributed by atoms with van der Waals surface area (Å²) in [5, 5.41) is 0. The fourth-order valence-corrected chi connectivity index (χ4v) is 2.68. The summed E-state index contributed by atoms with van der Waals surface area (Å²) < 4.78 is 21.8. The van der Waals surface area contributed by atoms with Crippen molar-refractivity contribution < 1.29 is 18.9 Å². The minimum absolute atomic E-state index is 0.129. The number of methoxy groups -OCH3 is 3. The molecule has 2 aromatic rings. The Labute approximate surface area is 162 Å². The molecule has 1 atom stereocenters. The van der Waals surface area contributed by atoms with E-state index in [9.17, 15) is 0 Å². The van der Waals surface area contributed by atoms with Crippen LogP contribution < -0.4 is 14.2 Å². The lowest BCUT2D eigenvalue weighted by Gasteiger charge is -2.10. The summed E-state index contributed by atoms with van der Waals surface area (Å²) in [4.78, 5) is 0. The molecule has 4 heteroatoms. The number of benzene rings is 2. The highest BCUT2D eigenvalue weighted by Crippen LogP contribution is 2.28. The third kappa shape index (κ3) is 5.90. The van der Waals surface area contributed by atoms with Crippen molar-refractivity contribution in [1.29, 1.82) is 0 Å². The van der Waals surface area contributed by atoms with Gasteiger partial charge in [-0.1, -0.05) is 42.5 Å². The Morgan fingerprint density at radius 3 is 1.89 bits per heavy atom. The van der Waals surface area contributed by atoms with Crippen LogP contribution >= 0.6 is 0 Å². The SMILES string of the molecule is CCOC(C=Cc1ccc(C)c(OC)c1)C=Cc1ccc(OC)c(OC)c1. The Kier molecular flexibility index (Phi) is 7.96. The van der Waals surface area contributed by atoms with Crippen molar-refractivity contribution >= 4 is 12.2 Å². The Morgan fingerprint density at radius 1 is 0.778 bits per heavy atom. The van der Waals surface area contributed by atoms with Gasteiger partial charge in [0.15, 0.2) is 11.5 Å². The van der Waals surface area contributed by atoms with Gasteiger partial charge >= 0.3 is 0 Å². The molecule has 27 heavy (non-hydrogen) atoms. The summed E-state index contributed by atoms with van der Waals surface area (Å²) in [6.07, 6.45) is 7.98. The van der Waals surface area contributed by atoms with E-state index < -0.39 is 0 Å². The minimum atomic E-state index is -0.129. The Balaban J connectivity index is 2.16. The number of aryl methyl sites for hydroxylation is 1. The summed E-state index contributed by atoms with van der Waals surface area (Å²) in [6.45, 7) is 4.64. The van der Waals surface area contributed by atoms with Crippen molar-refractivity contribution in [1.82, 2.24) is 0 Å². The first-order valence-corrected chi connectivity index (χ1v) is 8.96. The Bertz CT molecular complexity index is 793. The van der Waals surface area contributed by atoms with Gasteiger partial charge in [-0.25, -0.2) is 0 Å². The van der Waals surface area contributed by atoms with Crippen molar-refractivity contribution in [3.63, 3.8) is 0 Å². The van der Waals surface area contributed by atoms with Crippen molar-refractivity contribution in [2.45, 2.75) is 20.0 Å². The molecule has 0 spiro atoms. The van der Waals surface area contributed by atoms with Crippen LogP contribution in [0.2, 0.25) is 0 Å². The highest BCUT2D eigenvalue weighted by Gasteiger charge is 2.04. The van der Waals surface area contributed by atoms with E-state index in [0.717, 1.165) is 22.4 Å². The van der Waals surface area contributed by atoms with E-state index in [1.807, 2.05) is 68.5 Å². The molecule has 2 rings (SSSR count). The lowest BCUT2D eigenvalue weighted by Crippen LogP contribution is -2.05. The zero-order valence-corrected chi connectivity index (χ0v) is 16.7. The largest absolute Gasteiger partial charge is 0.496 e. The van der Waals surface area contributed by atoms with Crippen molar-refractivity contribution in [2.75, 3.05) is 27.9 Å². The van der Waals surface area contributed by atoms with E-state index in [4.69, 9.17) is 18.9 Å². The van der Waals surface area contributed by atoms with Crippen LogP contribution in [-0.2, 0) is 4.74 Å². The first-order valence-electron chi connectivity index (χ1n) is 8.96. The lowest BCUT2D eigenvalue weighted by molar-refractivity contribution is 0.129. The Hall–Kier alpha value is -2.72. The topological polar surface area (TPSA) is 36.9 Å². The number of rotatable bonds is 9. The summed E-state index contributed by atoms with van der Waals surface area (Å²) in [6, 6.07) is 11.9. The normalized spacial score (nSPS) is 12.5. The first kappa shape index (κ1) is 20.6. The van der Waals surface area contributed by atoms with Gasteiger partial charge in [0.1, 0.15) is 5.75 Å². The lowest BCUT2D eigenvalue weighted by atomic mass is 10.1. The van der Waals surface area contributed by atoms with Gasteiger partial charge in [0.2, 0.25) is 0 Å². The zero-order chi connectivity index (χ0) is 19.6. The van der Waals surface area contributed by atoms with E-state index in [1.165, 1.54) is 0 Å². The van der Waals surface area contributed by atoms with Crippen LogP contribution in [0, 0.1) is 6.92 Å². The highest BCUT2D eigenvalue weighted by molar-refractivity contribution is 5.58. The predicted molar refractivity (Wildman–Crippen MR) is 111 cm³/mol. The molecule has 0 bridgehead atoms. The monoisotopic (exact) mass is 368 g/mol. The maximum atomic E-state index is 5.81. The molecule has 0 aromatic heterocycles. The molecule has 4 nitrogen and oxygen atoms in total. The Morgan fingerprint density at radius 2 is 1.33 bits per heavy atom. The smallest absolute Gasteiger partial charge is 0.161 e. The number of hydrogen-bond acceptors (Lipinski definition) is 4. The summed E-state index contributed by atoms with van der Waals surface area (Å²) in [7, 11) is 4.95. The second-order valence-corrected chi connectivity index (χ2v) is 5.98. The molecule has 0 N–H and O–H groups in total. The van der Waals surface area contributed by atoms with Crippen molar-refractivity contribution in [3.8, 4) is 17.2 Å². The van der Waals surface area contributed by atoms with Gasteiger partial charge in [-0.15, -0.1) is 0 Å². The maximum absolute atomic E-state index is 5.81. The fourth-order valence-electron chi connectivity index (χ4n) is 2.68. The molecule has 0 saturated carbocycles. The third-order valence-corrected chi connectivity index (χ3v) is 4.16. The van der Waals surface area contributed by atoms with Gasteiger partial charge in [0.05, 0.1) is 27.4 Å². The second kappa shape index (κ2) is 10.4. The average molecular weight is 368 g/mol. The number of hydrogen-bond donors (Lipinski definition) is 0. The van der Waals surface area contributed by atoms with Crippen LogP contribution in [0.4, 0.5) is 0 Å². The van der Waals surface area contributed by atoms with Crippen LogP contribution in [0.3, 0.4) is 0 Å². The molecule has 2 aromatic carbocycles. The molecular weight excluding hydrogens is 340 g/mol. The molecule has 0 aliphatic carbocycles. The van der Waals surface area contributed by atoms with Gasteiger partial charge in [0.25, 0.3) is 0 Å². The fraction of sp³-hybridized carbons (Fsp3) is 0.304. The summed E-state index contributed by atoms with van der Waals surface area (Å²) in [5.41, 5.74) is 3.20. The van der Waals surface area contributed by atoms with E-state index in [-0.39, 0.29) is 6.10 Å². The predicted octanol–water partition coefficient (Wildman–Crippen LogP) is 5.15. The third-order valence-electron chi connectivity index (χ3n) is 4.16.